The molecular weight excluding hydrogens is 139 g/mol. The summed E-state index contributed by atoms with van der Waals surface area (Å²) in [5, 5.41) is 0. The summed E-state index contributed by atoms with van der Waals surface area (Å²) in [6, 6.07) is 0. The Morgan fingerprint density at radius 1 is 1.00 bits per heavy atom. The second kappa shape index (κ2) is 9.93. The molecule has 0 saturated carbocycles. The third-order valence-electron chi connectivity index (χ3n) is 1.83. The van der Waals surface area contributed by atoms with E-state index in [0.29, 0.717) is 6.42 Å². The Hall–Kier alpha value is -0.0700. The SMILES string of the molecule is CCCCCCC[CH]CCF. The van der Waals surface area contributed by atoms with Crippen molar-refractivity contribution in [1.29, 1.82) is 0 Å². The lowest BCUT2D eigenvalue weighted by Crippen LogP contribution is -1.81. The van der Waals surface area contributed by atoms with Gasteiger partial charge in [0.2, 0.25) is 0 Å². The van der Waals surface area contributed by atoms with E-state index >= 15 is 0 Å². The summed E-state index contributed by atoms with van der Waals surface area (Å²) < 4.78 is 11.6. The summed E-state index contributed by atoms with van der Waals surface area (Å²) >= 11 is 0. The minimum Gasteiger partial charge on any atom is -0.251 e. The smallest absolute Gasteiger partial charge is 0.0897 e. The van der Waals surface area contributed by atoms with Crippen molar-refractivity contribution < 1.29 is 4.39 Å². The lowest BCUT2D eigenvalue weighted by atomic mass is 10.1. The molecule has 0 aliphatic heterocycles. The predicted molar refractivity (Wildman–Crippen MR) is 48.3 cm³/mol. The molecule has 0 aromatic heterocycles. The molecule has 0 rings (SSSR count). The van der Waals surface area contributed by atoms with Crippen molar-refractivity contribution in [1.82, 2.24) is 0 Å². The first kappa shape index (κ1) is 10.9. The molecule has 0 saturated heterocycles. The minimum absolute atomic E-state index is 0.186. The van der Waals surface area contributed by atoms with Crippen molar-refractivity contribution in [3.8, 4) is 0 Å². The van der Waals surface area contributed by atoms with Crippen LogP contribution in [0.25, 0.3) is 0 Å². The largest absolute Gasteiger partial charge is 0.251 e. The van der Waals surface area contributed by atoms with Crippen LogP contribution in [-0.2, 0) is 0 Å². The Labute approximate surface area is 70.2 Å². The molecule has 0 unspecified atom stereocenters. The topological polar surface area (TPSA) is 0 Å². The molecular formula is C10H20F. The van der Waals surface area contributed by atoms with Gasteiger partial charge in [0.1, 0.15) is 0 Å². The van der Waals surface area contributed by atoms with Crippen molar-refractivity contribution in [3.05, 3.63) is 6.42 Å². The van der Waals surface area contributed by atoms with Crippen molar-refractivity contribution in [2.24, 2.45) is 0 Å². The highest BCUT2D eigenvalue weighted by molar-refractivity contribution is 4.63. The zero-order valence-corrected chi connectivity index (χ0v) is 7.61. The minimum atomic E-state index is -0.186. The molecule has 0 bridgehead atoms. The summed E-state index contributed by atoms with van der Waals surface area (Å²) in [5.74, 6) is 0. The number of rotatable bonds is 8. The summed E-state index contributed by atoms with van der Waals surface area (Å²) in [4.78, 5) is 0. The third kappa shape index (κ3) is 9.93. The number of hydrogen-bond acceptors (Lipinski definition) is 0. The highest BCUT2D eigenvalue weighted by Gasteiger charge is 1.90. The molecule has 1 heteroatoms. The van der Waals surface area contributed by atoms with Gasteiger partial charge in [0.25, 0.3) is 0 Å². The van der Waals surface area contributed by atoms with Crippen LogP contribution >= 0.6 is 0 Å². The van der Waals surface area contributed by atoms with Crippen LogP contribution in [0.15, 0.2) is 0 Å². The highest BCUT2D eigenvalue weighted by atomic mass is 19.1. The highest BCUT2D eigenvalue weighted by Crippen LogP contribution is 2.07. The van der Waals surface area contributed by atoms with E-state index in [9.17, 15) is 4.39 Å². The van der Waals surface area contributed by atoms with E-state index in [2.05, 4.69) is 13.3 Å². The molecule has 0 aliphatic rings. The van der Waals surface area contributed by atoms with Crippen LogP contribution in [0.5, 0.6) is 0 Å². The first-order valence-corrected chi connectivity index (χ1v) is 4.79. The second-order valence-corrected chi connectivity index (χ2v) is 2.97. The van der Waals surface area contributed by atoms with Gasteiger partial charge in [-0.2, -0.15) is 0 Å². The Bertz CT molecular complexity index is 53.9. The number of alkyl halides is 1. The van der Waals surface area contributed by atoms with Gasteiger partial charge in [0.15, 0.2) is 0 Å². The third-order valence-corrected chi connectivity index (χ3v) is 1.83. The number of unbranched alkanes of at least 4 members (excludes halogenated alkanes) is 7. The average molecular weight is 159 g/mol. The van der Waals surface area contributed by atoms with Crippen molar-refractivity contribution in [2.45, 2.75) is 51.9 Å². The van der Waals surface area contributed by atoms with Crippen LogP contribution in [0.3, 0.4) is 0 Å². The number of hydrogen-bond donors (Lipinski definition) is 0. The molecule has 0 spiro atoms. The lowest BCUT2D eigenvalue weighted by Gasteiger charge is -1.98. The molecule has 0 aromatic rings. The zero-order valence-electron chi connectivity index (χ0n) is 7.61. The monoisotopic (exact) mass is 159 g/mol. The standard InChI is InChI=1S/C10H20F/c1-2-3-4-5-6-7-8-9-10-11/h8H,2-7,9-10H2,1H3. The van der Waals surface area contributed by atoms with Crippen LogP contribution in [0.1, 0.15) is 51.9 Å². The maximum Gasteiger partial charge on any atom is 0.0897 e. The molecule has 0 aliphatic carbocycles. The van der Waals surface area contributed by atoms with Gasteiger partial charge in [-0.25, -0.2) is 0 Å². The zero-order chi connectivity index (χ0) is 8.36. The molecule has 11 heavy (non-hydrogen) atoms. The van der Waals surface area contributed by atoms with Gasteiger partial charge in [-0.15, -0.1) is 0 Å². The maximum absolute atomic E-state index is 11.6. The fourth-order valence-electron chi connectivity index (χ4n) is 1.11. The van der Waals surface area contributed by atoms with E-state index < -0.39 is 0 Å². The Morgan fingerprint density at radius 2 is 1.73 bits per heavy atom. The molecule has 0 fully saturated rings. The lowest BCUT2D eigenvalue weighted by molar-refractivity contribution is 0.484. The molecule has 0 nitrogen and oxygen atoms in total. The van der Waals surface area contributed by atoms with Crippen LogP contribution in [0, 0.1) is 6.42 Å². The van der Waals surface area contributed by atoms with E-state index in [0.717, 1.165) is 6.42 Å². The van der Waals surface area contributed by atoms with Gasteiger partial charge in [-0.1, -0.05) is 45.4 Å². The Balaban J connectivity index is 2.69. The van der Waals surface area contributed by atoms with Crippen LogP contribution in [0.2, 0.25) is 0 Å². The summed E-state index contributed by atoms with van der Waals surface area (Å²) in [6.07, 6.45) is 10.4. The molecule has 1 radical (unpaired) electrons. The van der Waals surface area contributed by atoms with Crippen LogP contribution in [-0.4, -0.2) is 6.67 Å². The van der Waals surface area contributed by atoms with Crippen LogP contribution < -0.4 is 0 Å². The van der Waals surface area contributed by atoms with Crippen molar-refractivity contribution in [3.63, 3.8) is 0 Å². The fraction of sp³-hybridized carbons (Fsp3) is 0.900. The maximum atomic E-state index is 11.6. The van der Waals surface area contributed by atoms with E-state index in [1.54, 1.807) is 0 Å². The van der Waals surface area contributed by atoms with Gasteiger partial charge in [-0.3, -0.25) is 4.39 Å². The Morgan fingerprint density at radius 3 is 2.36 bits per heavy atom. The van der Waals surface area contributed by atoms with E-state index in [-0.39, 0.29) is 6.67 Å². The predicted octanol–water partition coefficient (Wildman–Crippen LogP) is 3.91. The van der Waals surface area contributed by atoms with Crippen molar-refractivity contribution >= 4 is 0 Å². The number of halogens is 1. The molecule has 0 atom stereocenters. The molecule has 0 aromatic carbocycles. The van der Waals surface area contributed by atoms with Gasteiger partial charge in [0.05, 0.1) is 6.67 Å². The summed E-state index contributed by atoms with van der Waals surface area (Å²) in [5.41, 5.74) is 0. The van der Waals surface area contributed by atoms with E-state index in [1.807, 2.05) is 0 Å². The first-order valence-electron chi connectivity index (χ1n) is 4.79. The molecule has 0 heterocycles. The van der Waals surface area contributed by atoms with Crippen molar-refractivity contribution in [2.75, 3.05) is 6.67 Å². The summed E-state index contributed by atoms with van der Waals surface area (Å²) in [6.45, 7) is 2.03. The van der Waals surface area contributed by atoms with E-state index in [4.69, 9.17) is 0 Å². The van der Waals surface area contributed by atoms with E-state index in [1.165, 1.54) is 32.1 Å². The summed E-state index contributed by atoms with van der Waals surface area (Å²) in [7, 11) is 0. The molecule has 0 amide bonds. The average Bonchev–Trinajstić information content (AvgIpc) is 2.03. The molecule has 67 valence electrons. The normalized spacial score (nSPS) is 10.4. The molecule has 0 N–H and O–H groups in total. The van der Waals surface area contributed by atoms with Gasteiger partial charge in [0, 0.05) is 0 Å². The van der Waals surface area contributed by atoms with Gasteiger partial charge in [-0.05, 0) is 12.8 Å². The quantitative estimate of drug-likeness (QED) is 0.471. The second-order valence-electron chi connectivity index (χ2n) is 2.97. The van der Waals surface area contributed by atoms with Crippen LogP contribution in [0.4, 0.5) is 4.39 Å². The Kier molecular flexibility index (Phi) is 9.87. The van der Waals surface area contributed by atoms with Gasteiger partial charge < -0.3 is 0 Å². The first-order chi connectivity index (χ1) is 5.41. The van der Waals surface area contributed by atoms with Gasteiger partial charge >= 0.3 is 0 Å². The fourth-order valence-corrected chi connectivity index (χ4v) is 1.11.